The Morgan fingerprint density at radius 3 is 2.65 bits per heavy atom. The van der Waals surface area contributed by atoms with E-state index in [1.165, 1.54) is 30.5 Å². The van der Waals surface area contributed by atoms with Gasteiger partial charge in [-0.2, -0.15) is 0 Å². The van der Waals surface area contributed by atoms with Crippen molar-refractivity contribution in [3.05, 3.63) is 42.2 Å². The van der Waals surface area contributed by atoms with E-state index in [1.54, 1.807) is 6.33 Å². The summed E-state index contributed by atoms with van der Waals surface area (Å²) >= 11 is 0. The number of hydrogen-bond acceptors (Lipinski definition) is 4. The maximum Gasteiger partial charge on any atom is 0.138 e. The van der Waals surface area contributed by atoms with Crippen LogP contribution in [-0.4, -0.2) is 29.6 Å². The van der Waals surface area contributed by atoms with Gasteiger partial charge in [0.1, 0.15) is 18.0 Å². The average molecular weight is 308 g/mol. The summed E-state index contributed by atoms with van der Waals surface area (Å²) < 4.78 is 0. The van der Waals surface area contributed by atoms with Crippen LogP contribution in [0.25, 0.3) is 0 Å². The Labute approximate surface area is 138 Å². The van der Waals surface area contributed by atoms with E-state index < -0.39 is 0 Å². The third-order valence-corrected chi connectivity index (χ3v) is 5.13. The first kappa shape index (κ1) is 14.5. The zero-order valence-corrected chi connectivity index (χ0v) is 13.8. The molecule has 1 aromatic heterocycles. The van der Waals surface area contributed by atoms with Crippen molar-refractivity contribution < 1.29 is 0 Å². The molecule has 0 saturated carbocycles. The van der Waals surface area contributed by atoms with Gasteiger partial charge in [-0.1, -0.05) is 25.1 Å². The van der Waals surface area contributed by atoms with Crippen LogP contribution in [0, 0.1) is 5.92 Å². The van der Waals surface area contributed by atoms with Gasteiger partial charge in [-0.3, -0.25) is 0 Å². The van der Waals surface area contributed by atoms with Gasteiger partial charge in [0.25, 0.3) is 0 Å². The van der Waals surface area contributed by atoms with Crippen molar-refractivity contribution in [3.8, 4) is 0 Å². The van der Waals surface area contributed by atoms with E-state index in [9.17, 15) is 0 Å². The highest BCUT2D eigenvalue weighted by atomic mass is 15.2. The van der Waals surface area contributed by atoms with Crippen molar-refractivity contribution in [3.63, 3.8) is 0 Å². The van der Waals surface area contributed by atoms with E-state index >= 15 is 0 Å². The van der Waals surface area contributed by atoms with Crippen LogP contribution in [0.1, 0.15) is 31.7 Å². The van der Waals surface area contributed by atoms with Crippen molar-refractivity contribution in [1.29, 1.82) is 0 Å². The van der Waals surface area contributed by atoms with Crippen LogP contribution in [-0.2, 0) is 6.42 Å². The standard InChI is InChI=1S/C19H24N4/c1-15-8-11-22(12-9-15)18-13-19(21-14-20-18)23-10-4-6-16-5-2-3-7-17(16)23/h2-3,5,7,13-15H,4,6,8-12H2,1H3. The second-order valence-corrected chi connectivity index (χ2v) is 6.79. The van der Waals surface area contributed by atoms with Gasteiger partial charge >= 0.3 is 0 Å². The Balaban J connectivity index is 1.62. The molecular formula is C19H24N4. The zero-order chi connectivity index (χ0) is 15.6. The Bertz CT molecular complexity index is 677. The molecule has 0 spiro atoms. The molecule has 0 unspecified atom stereocenters. The smallest absolute Gasteiger partial charge is 0.138 e. The summed E-state index contributed by atoms with van der Waals surface area (Å²) in [6, 6.07) is 10.8. The topological polar surface area (TPSA) is 32.3 Å². The minimum Gasteiger partial charge on any atom is -0.356 e. The molecule has 120 valence electrons. The zero-order valence-electron chi connectivity index (χ0n) is 13.8. The Morgan fingerprint density at radius 2 is 1.78 bits per heavy atom. The number of hydrogen-bond donors (Lipinski definition) is 0. The van der Waals surface area contributed by atoms with Crippen LogP contribution in [0.15, 0.2) is 36.7 Å². The van der Waals surface area contributed by atoms with Gasteiger partial charge < -0.3 is 9.80 Å². The Kier molecular flexibility index (Phi) is 3.90. The van der Waals surface area contributed by atoms with E-state index in [1.807, 2.05) is 0 Å². The Hall–Kier alpha value is -2.10. The second-order valence-electron chi connectivity index (χ2n) is 6.79. The number of fused-ring (bicyclic) bond motifs is 1. The molecule has 2 aliphatic heterocycles. The van der Waals surface area contributed by atoms with Crippen molar-refractivity contribution in [1.82, 2.24) is 9.97 Å². The number of benzene rings is 1. The molecule has 23 heavy (non-hydrogen) atoms. The maximum absolute atomic E-state index is 4.56. The van der Waals surface area contributed by atoms with Crippen LogP contribution in [0.5, 0.6) is 0 Å². The highest BCUT2D eigenvalue weighted by molar-refractivity contribution is 5.67. The molecule has 2 aliphatic rings. The van der Waals surface area contributed by atoms with Gasteiger partial charge in [-0.15, -0.1) is 0 Å². The molecule has 1 fully saturated rings. The normalized spacial score (nSPS) is 18.8. The Morgan fingerprint density at radius 1 is 1.00 bits per heavy atom. The van der Waals surface area contributed by atoms with Crippen LogP contribution in [0.4, 0.5) is 17.3 Å². The van der Waals surface area contributed by atoms with E-state index in [0.717, 1.165) is 43.6 Å². The van der Waals surface area contributed by atoms with Crippen LogP contribution in [0.2, 0.25) is 0 Å². The van der Waals surface area contributed by atoms with Crippen molar-refractivity contribution >= 4 is 17.3 Å². The van der Waals surface area contributed by atoms with E-state index in [4.69, 9.17) is 0 Å². The largest absolute Gasteiger partial charge is 0.356 e. The number of anilines is 3. The summed E-state index contributed by atoms with van der Waals surface area (Å²) in [6.07, 6.45) is 6.57. The molecule has 0 amide bonds. The third-order valence-electron chi connectivity index (χ3n) is 5.13. The molecule has 0 radical (unpaired) electrons. The van der Waals surface area contributed by atoms with Gasteiger partial charge in [0, 0.05) is 31.4 Å². The number of rotatable bonds is 2. The SMILES string of the molecule is CC1CCN(c2cc(N3CCCc4ccccc43)ncn2)CC1. The number of nitrogens with zero attached hydrogens (tertiary/aromatic N) is 4. The molecule has 4 nitrogen and oxygen atoms in total. The fourth-order valence-corrected chi connectivity index (χ4v) is 3.67. The minimum absolute atomic E-state index is 0.835. The molecule has 0 aliphatic carbocycles. The van der Waals surface area contributed by atoms with Crippen LogP contribution < -0.4 is 9.80 Å². The highest BCUT2D eigenvalue weighted by Gasteiger charge is 2.21. The summed E-state index contributed by atoms with van der Waals surface area (Å²) in [5, 5.41) is 0. The molecule has 0 N–H and O–H groups in total. The quantitative estimate of drug-likeness (QED) is 0.845. The molecule has 4 rings (SSSR count). The lowest BCUT2D eigenvalue weighted by Gasteiger charge is -2.33. The van der Waals surface area contributed by atoms with Crippen molar-refractivity contribution in [2.45, 2.75) is 32.6 Å². The lowest BCUT2D eigenvalue weighted by molar-refractivity contribution is 0.436. The lowest BCUT2D eigenvalue weighted by Crippen LogP contribution is -2.33. The summed E-state index contributed by atoms with van der Waals surface area (Å²) in [4.78, 5) is 13.8. The highest BCUT2D eigenvalue weighted by Crippen LogP contribution is 2.33. The minimum atomic E-state index is 0.835. The van der Waals surface area contributed by atoms with Gasteiger partial charge in [0.2, 0.25) is 0 Å². The van der Waals surface area contributed by atoms with E-state index in [0.29, 0.717) is 0 Å². The first-order valence-electron chi connectivity index (χ1n) is 8.74. The van der Waals surface area contributed by atoms with Crippen LogP contribution >= 0.6 is 0 Å². The summed E-state index contributed by atoms with van der Waals surface area (Å²) in [5.74, 6) is 2.94. The van der Waals surface area contributed by atoms with Gasteiger partial charge in [0.05, 0.1) is 0 Å². The van der Waals surface area contributed by atoms with Crippen LogP contribution in [0.3, 0.4) is 0 Å². The van der Waals surface area contributed by atoms with Crippen molar-refractivity contribution in [2.24, 2.45) is 5.92 Å². The lowest BCUT2D eigenvalue weighted by atomic mass is 9.99. The average Bonchev–Trinajstić information content (AvgIpc) is 2.62. The summed E-state index contributed by atoms with van der Waals surface area (Å²) in [6.45, 7) is 5.58. The van der Waals surface area contributed by atoms with Gasteiger partial charge in [-0.25, -0.2) is 9.97 Å². The second kappa shape index (κ2) is 6.19. The third kappa shape index (κ3) is 2.90. The van der Waals surface area contributed by atoms with Crippen molar-refractivity contribution in [2.75, 3.05) is 29.4 Å². The van der Waals surface area contributed by atoms with E-state index in [2.05, 4.69) is 57.0 Å². The summed E-state index contributed by atoms with van der Waals surface area (Å²) in [7, 11) is 0. The van der Waals surface area contributed by atoms with E-state index in [-0.39, 0.29) is 0 Å². The number of aryl methyl sites for hydroxylation is 1. The molecule has 3 heterocycles. The molecule has 2 aromatic rings. The molecule has 0 bridgehead atoms. The summed E-state index contributed by atoms with van der Waals surface area (Å²) in [5.41, 5.74) is 2.72. The molecule has 1 saturated heterocycles. The van der Waals surface area contributed by atoms with Gasteiger partial charge in [0.15, 0.2) is 0 Å². The van der Waals surface area contributed by atoms with Gasteiger partial charge in [-0.05, 0) is 43.2 Å². The molecule has 1 aromatic carbocycles. The maximum atomic E-state index is 4.56. The first-order chi connectivity index (χ1) is 11.3. The first-order valence-corrected chi connectivity index (χ1v) is 8.74. The number of piperidine rings is 1. The number of para-hydroxylation sites is 1. The predicted octanol–water partition coefficient (Wildman–Crippen LogP) is 3.80. The predicted molar refractivity (Wildman–Crippen MR) is 94.4 cm³/mol. The number of aromatic nitrogens is 2. The molecule has 4 heteroatoms. The fourth-order valence-electron chi connectivity index (χ4n) is 3.67. The monoisotopic (exact) mass is 308 g/mol. The fraction of sp³-hybridized carbons (Fsp3) is 0.474. The molecular weight excluding hydrogens is 284 g/mol. The molecule has 0 atom stereocenters.